The summed E-state index contributed by atoms with van der Waals surface area (Å²) in [5.74, 6) is 2.58. The van der Waals surface area contributed by atoms with Gasteiger partial charge in [-0.2, -0.15) is 0 Å². The van der Waals surface area contributed by atoms with Crippen molar-refractivity contribution in [1.29, 1.82) is 0 Å². The van der Waals surface area contributed by atoms with Crippen molar-refractivity contribution < 1.29 is 0 Å². The van der Waals surface area contributed by atoms with E-state index in [1.54, 1.807) is 0 Å². The number of benzene rings is 2. The van der Waals surface area contributed by atoms with Gasteiger partial charge in [-0.1, -0.05) is 77.9 Å². The molecule has 0 spiro atoms. The van der Waals surface area contributed by atoms with Crippen LogP contribution >= 0.6 is 35.7 Å². The van der Waals surface area contributed by atoms with E-state index in [1.807, 2.05) is 37.7 Å². The van der Waals surface area contributed by atoms with E-state index in [2.05, 4.69) is 123 Å². The van der Waals surface area contributed by atoms with Gasteiger partial charge in [-0.05, 0) is 86.7 Å². The maximum atomic E-state index is 2.56. The SMILES string of the molecule is CC.CC(C)C1CCCN1Sc1ccccc1.CC(C)C1N(Sc2ccccc2)CSC1(C)C. The maximum absolute atomic E-state index is 2.56. The van der Waals surface area contributed by atoms with Gasteiger partial charge in [0.15, 0.2) is 0 Å². The van der Waals surface area contributed by atoms with Crippen LogP contribution in [0.1, 0.15) is 68.2 Å². The fourth-order valence-corrected chi connectivity index (χ4v) is 8.79. The van der Waals surface area contributed by atoms with Gasteiger partial charge in [0.1, 0.15) is 0 Å². The van der Waals surface area contributed by atoms with E-state index in [9.17, 15) is 0 Å². The second kappa shape index (κ2) is 14.8. The van der Waals surface area contributed by atoms with Crippen molar-refractivity contribution >= 4 is 35.7 Å². The first-order valence-electron chi connectivity index (χ1n) is 12.9. The van der Waals surface area contributed by atoms with E-state index >= 15 is 0 Å². The Bertz CT molecular complexity index is 796. The molecule has 2 aromatic rings. The molecular weight excluding hydrogens is 473 g/mol. The van der Waals surface area contributed by atoms with E-state index in [4.69, 9.17) is 0 Å². The Kier molecular flexibility index (Phi) is 12.9. The van der Waals surface area contributed by atoms with Crippen LogP contribution < -0.4 is 0 Å². The first kappa shape index (κ1) is 29.6. The normalized spacial score (nSPS) is 22.3. The summed E-state index contributed by atoms with van der Waals surface area (Å²) in [4.78, 5) is 2.71. The summed E-state index contributed by atoms with van der Waals surface area (Å²) in [6, 6.07) is 22.8. The zero-order valence-electron chi connectivity index (χ0n) is 22.5. The number of rotatable bonds is 6. The third-order valence-corrected chi connectivity index (χ3v) is 9.97. The average Bonchev–Trinajstić information content (AvgIpc) is 3.40. The highest BCUT2D eigenvalue weighted by molar-refractivity contribution is 8.03. The smallest absolute Gasteiger partial charge is 0.0559 e. The van der Waals surface area contributed by atoms with Crippen molar-refractivity contribution in [3.63, 3.8) is 0 Å². The quantitative estimate of drug-likeness (QED) is 0.350. The number of hydrogen-bond acceptors (Lipinski definition) is 5. The Balaban J connectivity index is 0.000000225. The maximum Gasteiger partial charge on any atom is 0.0559 e. The summed E-state index contributed by atoms with van der Waals surface area (Å²) < 4.78 is 5.46. The molecule has 0 aliphatic carbocycles. The molecule has 2 atom stereocenters. The van der Waals surface area contributed by atoms with Crippen LogP contribution in [0.4, 0.5) is 0 Å². The summed E-state index contributed by atoms with van der Waals surface area (Å²) in [5, 5.41) is 0. The standard InChI is InChI=1S/C14H21NS2.C13H19NS.C2H6/c1-11(2)13-14(3,4)16-10-15(13)17-12-8-6-5-7-9-12;1-11(2)13-9-6-10-14(13)15-12-7-4-3-5-8-12;1-2/h5-9,11,13H,10H2,1-4H3;3-5,7-8,11,13H,6,9-10H2,1-2H3;1-2H3. The van der Waals surface area contributed by atoms with Gasteiger partial charge >= 0.3 is 0 Å². The Hall–Kier alpha value is -0.590. The van der Waals surface area contributed by atoms with Gasteiger partial charge in [0.05, 0.1) is 5.88 Å². The molecule has 34 heavy (non-hydrogen) atoms. The zero-order chi connectivity index (χ0) is 25.1. The third kappa shape index (κ3) is 8.81. The highest BCUT2D eigenvalue weighted by Crippen LogP contribution is 2.46. The molecule has 4 rings (SSSR count). The van der Waals surface area contributed by atoms with Crippen LogP contribution in [0.2, 0.25) is 0 Å². The van der Waals surface area contributed by atoms with Crippen molar-refractivity contribution in [2.24, 2.45) is 11.8 Å². The molecule has 2 saturated heterocycles. The number of nitrogens with zero attached hydrogens (tertiary/aromatic N) is 2. The van der Waals surface area contributed by atoms with Gasteiger partial charge in [-0.15, -0.1) is 11.8 Å². The summed E-state index contributed by atoms with van der Waals surface area (Å²) in [7, 11) is 0. The molecule has 2 fully saturated rings. The molecule has 190 valence electrons. The summed E-state index contributed by atoms with van der Waals surface area (Å²) in [6.07, 6.45) is 2.71. The fourth-order valence-electron chi connectivity index (χ4n) is 4.74. The molecule has 0 radical (unpaired) electrons. The minimum Gasteiger partial charge on any atom is -0.243 e. The lowest BCUT2D eigenvalue weighted by molar-refractivity contribution is 0.283. The van der Waals surface area contributed by atoms with Crippen LogP contribution in [-0.2, 0) is 0 Å². The molecular formula is C29H46N2S3. The van der Waals surface area contributed by atoms with Crippen LogP contribution in [0.5, 0.6) is 0 Å². The van der Waals surface area contributed by atoms with Crippen molar-refractivity contribution in [1.82, 2.24) is 8.61 Å². The fraction of sp³-hybridized carbons (Fsp3) is 0.586. The van der Waals surface area contributed by atoms with Crippen LogP contribution in [-0.4, -0.2) is 37.9 Å². The Morgan fingerprint density at radius 3 is 1.76 bits per heavy atom. The molecule has 5 heteroatoms. The Morgan fingerprint density at radius 1 is 0.794 bits per heavy atom. The molecule has 0 aromatic heterocycles. The van der Waals surface area contributed by atoms with Crippen LogP contribution in [0.3, 0.4) is 0 Å². The van der Waals surface area contributed by atoms with E-state index in [0.717, 1.165) is 17.8 Å². The van der Waals surface area contributed by atoms with E-state index < -0.39 is 0 Å². The predicted octanol–water partition coefficient (Wildman–Crippen LogP) is 9.34. The van der Waals surface area contributed by atoms with Gasteiger partial charge < -0.3 is 0 Å². The molecule has 2 unspecified atom stereocenters. The summed E-state index contributed by atoms with van der Waals surface area (Å²) in [5.41, 5.74) is 0. The molecule has 0 amide bonds. The zero-order valence-corrected chi connectivity index (χ0v) is 25.0. The first-order valence-corrected chi connectivity index (χ1v) is 15.4. The number of thioether (sulfide) groups is 1. The van der Waals surface area contributed by atoms with Crippen LogP contribution in [0.25, 0.3) is 0 Å². The van der Waals surface area contributed by atoms with Gasteiger partial charge in [-0.25, -0.2) is 8.61 Å². The minimum atomic E-state index is 0.357. The Morgan fingerprint density at radius 2 is 1.29 bits per heavy atom. The molecule has 2 aliphatic heterocycles. The van der Waals surface area contributed by atoms with Crippen LogP contribution in [0, 0.1) is 11.8 Å². The van der Waals surface area contributed by atoms with Gasteiger partial charge in [-0.3, -0.25) is 0 Å². The molecule has 0 N–H and O–H groups in total. The van der Waals surface area contributed by atoms with Crippen molar-refractivity contribution in [3.8, 4) is 0 Å². The minimum absolute atomic E-state index is 0.357. The summed E-state index contributed by atoms with van der Waals surface area (Å²) >= 11 is 5.89. The first-order chi connectivity index (χ1) is 16.3. The van der Waals surface area contributed by atoms with E-state index in [0.29, 0.717) is 16.7 Å². The lowest BCUT2D eigenvalue weighted by atomic mass is 9.93. The molecule has 2 heterocycles. The van der Waals surface area contributed by atoms with Crippen molar-refractivity contribution in [3.05, 3.63) is 60.7 Å². The topological polar surface area (TPSA) is 6.48 Å². The van der Waals surface area contributed by atoms with Gasteiger partial charge in [0, 0.05) is 33.2 Å². The monoisotopic (exact) mass is 518 g/mol. The van der Waals surface area contributed by atoms with E-state index in [1.165, 1.54) is 29.2 Å². The lowest BCUT2D eigenvalue weighted by Crippen LogP contribution is -2.40. The largest absolute Gasteiger partial charge is 0.243 e. The van der Waals surface area contributed by atoms with Crippen LogP contribution in [0.15, 0.2) is 70.5 Å². The number of hydrogen-bond donors (Lipinski definition) is 0. The highest BCUT2D eigenvalue weighted by Gasteiger charge is 2.43. The van der Waals surface area contributed by atoms with Gasteiger partial charge in [0.25, 0.3) is 0 Å². The third-order valence-electron chi connectivity index (χ3n) is 6.17. The van der Waals surface area contributed by atoms with E-state index in [-0.39, 0.29) is 0 Å². The van der Waals surface area contributed by atoms with Crippen molar-refractivity contribution in [2.75, 3.05) is 12.4 Å². The second-order valence-electron chi connectivity index (χ2n) is 9.89. The molecule has 0 saturated carbocycles. The second-order valence-corrected chi connectivity index (χ2v) is 13.7. The predicted molar refractivity (Wildman–Crippen MR) is 158 cm³/mol. The van der Waals surface area contributed by atoms with Gasteiger partial charge in [0.2, 0.25) is 0 Å². The molecule has 2 aromatic carbocycles. The lowest BCUT2D eigenvalue weighted by Gasteiger charge is -2.33. The Labute approximate surface area is 223 Å². The molecule has 2 aliphatic rings. The molecule has 0 bridgehead atoms. The molecule has 2 nitrogen and oxygen atoms in total. The summed E-state index contributed by atoms with van der Waals surface area (Å²) in [6.45, 7) is 19.3. The average molecular weight is 519 g/mol. The van der Waals surface area contributed by atoms with Crippen molar-refractivity contribution in [2.45, 2.75) is 94.9 Å². The highest BCUT2D eigenvalue weighted by atomic mass is 32.2.